The average Bonchev–Trinajstić information content (AvgIpc) is 3.15. The molecule has 4 rings (SSSR count). The second-order valence-corrected chi connectivity index (χ2v) is 13.0. The molecule has 1 aliphatic rings. The zero-order valence-electron chi connectivity index (χ0n) is 16.3. The minimum atomic E-state index is -1.93. The van der Waals surface area contributed by atoms with Crippen LogP contribution in [0.4, 0.5) is 0 Å². The molecule has 3 aromatic rings. The van der Waals surface area contributed by atoms with E-state index in [1.54, 1.807) is 0 Å². The third-order valence-corrected chi connectivity index (χ3v) is 11.9. The molecule has 2 heteroatoms. The van der Waals surface area contributed by atoms with Crippen molar-refractivity contribution in [2.24, 2.45) is 11.3 Å². The van der Waals surface area contributed by atoms with E-state index in [1.807, 2.05) is 0 Å². The summed E-state index contributed by atoms with van der Waals surface area (Å²) in [5.74, 6) is 0.613. The number of hydrogen-bond acceptors (Lipinski definition) is 1. The second kappa shape index (κ2) is 6.73. The van der Waals surface area contributed by atoms with Gasteiger partial charge in [0.05, 0.1) is 0 Å². The fourth-order valence-electron chi connectivity index (χ4n) is 4.94. The molecule has 1 fully saturated rings. The Morgan fingerprint density at radius 2 is 1.11 bits per heavy atom. The maximum absolute atomic E-state index is 6.59. The van der Waals surface area contributed by atoms with E-state index in [0.717, 1.165) is 6.16 Å². The molecule has 0 heterocycles. The van der Waals surface area contributed by atoms with Crippen LogP contribution in [0.3, 0.4) is 0 Å². The van der Waals surface area contributed by atoms with E-state index in [2.05, 4.69) is 112 Å². The molecule has 3 aromatic carbocycles. The molecular weight excluding hydrogens is 363 g/mol. The summed E-state index contributed by atoms with van der Waals surface area (Å²) < 4.78 is 0. The molecule has 2 atom stereocenters. The molecule has 0 aliphatic heterocycles. The van der Waals surface area contributed by atoms with E-state index in [9.17, 15) is 0 Å². The summed E-state index contributed by atoms with van der Waals surface area (Å²) in [6, 6.07) is 30.8. The van der Waals surface area contributed by atoms with Gasteiger partial charge in [0.1, 0.15) is 0 Å². The Labute approximate surface area is 168 Å². The van der Waals surface area contributed by atoms with Crippen molar-refractivity contribution in [1.29, 1.82) is 0 Å². The average molecular weight is 391 g/mol. The number of benzene rings is 3. The molecule has 0 N–H and O–H groups in total. The first-order valence-corrected chi connectivity index (χ1v) is 12.7. The first-order chi connectivity index (χ1) is 12.9. The SMILES string of the molecule is CC1C(C)(C)C1(CP(=S)(c1ccccc1)c1ccccc1)c1ccccc1. The molecular formula is C25H27PS. The minimum Gasteiger partial charge on any atom is -0.0876 e. The van der Waals surface area contributed by atoms with Gasteiger partial charge in [-0.25, -0.2) is 0 Å². The fraction of sp³-hybridized carbons (Fsp3) is 0.280. The highest BCUT2D eigenvalue weighted by Crippen LogP contribution is 2.73. The molecule has 1 aliphatic carbocycles. The molecule has 27 heavy (non-hydrogen) atoms. The van der Waals surface area contributed by atoms with Crippen LogP contribution in [0.25, 0.3) is 0 Å². The van der Waals surface area contributed by atoms with Gasteiger partial charge >= 0.3 is 0 Å². The van der Waals surface area contributed by atoms with Crippen LogP contribution in [0.5, 0.6) is 0 Å². The Kier molecular flexibility index (Phi) is 4.65. The van der Waals surface area contributed by atoms with Gasteiger partial charge in [0.25, 0.3) is 0 Å². The maximum Gasteiger partial charge on any atom is 0.0115 e. The lowest BCUT2D eigenvalue weighted by atomic mass is 9.89. The first kappa shape index (κ1) is 18.7. The lowest BCUT2D eigenvalue weighted by Crippen LogP contribution is -2.28. The Morgan fingerprint density at radius 1 is 0.741 bits per heavy atom. The van der Waals surface area contributed by atoms with Crippen molar-refractivity contribution in [1.82, 2.24) is 0 Å². The summed E-state index contributed by atoms with van der Waals surface area (Å²) in [4.78, 5) is 0. The molecule has 0 bridgehead atoms. The molecule has 0 radical (unpaired) electrons. The standard InChI is InChI=1S/C25H27PS/c1-20-24(2,3)25(20,21-13-7-4-8-14-21)19-26(27,22-15-9-5-10-16-22)23-17-11-6-12-18-23/h4-18,20H,19H2,1-3H3. The van der Waals surface area contributed by atoms with Crippen molar-refractivity contribution in [2.45, 2.75) is 26.2 Å². The summed E-state index contributed by atoms with van der Waals surface area (Å²) in [7, 11) is 0. The van der Waals surface area contributed by atoms with Crippen LogP contribution in [-0.2, 0) is 17.2 Å². The molecule has 0 aromatic heterocycles. The van der Waals surface area contributed by atoms with Crippen molar-refractivity contribution in [2.75, 3.05) is 6.16 Å². The number of hydrogen-bond donors (Lipinski definition) is 0. The van der Waals surface area contributed by atoms with Crippen LogP contribution < -0.4 is 10.6 Å². The Morgan fingerprint density at radius 3 is 1.48 bits per heavy atom. The Hall–Kier alpha value is -1.69. The van der Waals surface area contributed by atoms with Gasteiger partial charge < -0.3 is 0 Å². The zero-order valence-corrected chi connectivity index (χ0v) is 18.0. The van der Waals surface area contributed by atoms with Crippen molar-refractivity contribution >= 4 is 28.5 Å². The largest absolute Gasteiger partial charge is 0.0876 e. The van der Waals surface area contributed by atoms with Gasteiger partial charge in [0.15, 0.2) is 0 Å². The van der Waals surface area contributed by atoms with Gasteiger partial charge in [0.2, 0.25) is 0 Å². The highest BCUT2D eigenvalue weighted by Gasteiger charge is 2.69. The molecule has 138 valence electrons. The monoisotopic (exact) mass is 390 g/mol. The summed E-state index contributed by atoms with van der Waals surface area (Å²) in [5, 5.41) is 2.66. The summed E-state index contributed by atoms with van der Waals surface area (Å²) in [5.41, 5.74) is 1.83. The summed E-state index contributed by atoms with van der Waals surface area (Å²) in [6.45, 7) is 7.24. The highest BCUT2D eigenvalue weighted by atomic mass is 32.4. The van der Waals surface area contributed by atoms with Gasteiger partial charge in [-0.3, -0.25) is 0 Å². The summed E-state index contributed by atoms with van der Waals surface area (Å²) in [6.07, 6.45) is 1.04. The van der Waals surface area contributed by atoms with Crippen LogP contribution >= 0.6 is 6.04 Å². The number of rotatable bonds is 5. The van der Waals surface area contributed by atoms with Crippen molar-refractivity contribution in [3.8, 4) is 0 Å². The Bertz CT molecular complexity index is 919. The van der Waals surface area contributed by atoms with E-state index >= 15 is 0 Å². The van der Waals surface area contributed by atoms with Crippen molar-refractivity contribution in [3.63, 3.8) is 0 Å². The molecule has 0 saturated heterocycles. The second-order valence-electron chi connectivity index (χ2n) is 8.35. The van der Waals surface area contributed by atoms with Gasteiger partial charge in [-0.15, -0.1) is 0 Å². The lowest BCUT2D eigenvalue weighted by molar-refractivity contribution is 0.525. The maximum atomic E-state index is 6.59. The quantitative estimate of drug-likeness (QED) is 0.501. The molecule has 0 nitrogen and oxygen atoms in total. The normalized spacial score (nSPS) is 23.7. The van der Waals surface area contributed by atoms with Gasteiger partial charge in [-0.1, -0.05) is 124 Å². The van der Waals surface area contributed by atoms with Crippen LogP contribution in [-0.4, -0.2) is 6.16 Å². The van der Waals surface area contributed by atoms with Crippen molar-refractivity contribution < 1.29 is 0 Å². The lowest BCUT2D eigenvalue weighted by Gasteiger charge is -2.31. The van der Waals surface area contributed by atoms with Crippen molar-refractivity contribution in [3.05, 3.63) is 96.6 Å². The topological polar surface area (TPSA) is 0 Å². The van der Waals surface area contributed by atoms with Gasteiger partial charge in [-0.05, 0) is 33.7 Å². The predicted octanol–water partition coefficient (Wildman–Crippen LogP) is 5.73. The molecule has 0 amide bonds. The molecule has 1 saturated carbocycles. The molecule has 0 spiro atoms. The smallest absolute Gasteiger partial charge is 0.0115 e. The first-order valence-electron chi connectivity index (χ1n) is 9.69. The van der Waals surface area contributed by atoms with E-state index in [-0.39, 0.29) is 10.8 Å². The van der Waals surface area contributed by atoms with Crippen LogP contribution in [0.2, 0.25) is 0 Å². The minimum absolute atomic E-state index is 0.134. The van der Waals surface area contributed by atoms with E-state index in [0.29, 0.717) is 5.92 Å². The fourth-order valence-corrected chi connectivity index (χ4v) is 9.81. The van der Waals surface area contributed by atoms with Crippen LogP contribution in [0, 0.1) is 11.3 Å². The summed E-state index contributed by atoms with van der Waals surface area (Å²) >= 11 is 6.59. The zero-order chi connectivity index (χ0) is 19.1. The van der Waals surface area contributed by atoms with E-state index < -0.39 is 6.04 Å². The highest BCUT2D eigenvalue weighted by molar-refractivity contribution is 8.22. The van der Waals surface area contributed by atoms with Crippen LogP contribution in [0.15, 0.2) is 91.0 Å². The van der Waals surface area contributed by atoms with Crippen LogP contribution in [0.1, 0.15) is 26.3 Å². The van der Waals surface area contributed by atoms with Gasteiger partial charge in [0, 0.05) is 11.5 Å². The molecule has 2 unspecified atom stereocenters. The van der Waals surface area contributed by atoms with Gasteiger partial charge in [-0.2, -0.15) is 0 Å². The third-order valence-electron chi connectivity index (χ3n) is 7.00. The van der Waals surface area contributed by atoms with E-state index in [1.165, 1.54) is 16.2 Å². The Balaban J connectivity index is 1.89. The van der Waals surface area contributed by atoms with E-state index in [4.69, 9.17) is 11.8 Å². The third kappa shape index (κ3) is 2.84. The predicted molar refractivity (Wildman–Crippen MR) is 122 cm³/mol.